The minimum atomic E-state index is 0.0715. The molecule has 0 fully saturated rings. The van der Waals surface area contributed by atoms with Gasteiger partial charge in [-0.2, -0.15) is 0 Å². The van der Waals surface area contributed by atoms with Gasteiger partial charge in [-0.15, -0.1) is 0 Å². The molecule has 122 valence electrons. The number of hydrogen-bond acceptors (Lipinski definition) is 4. The minimum Gasteiger partial charge on any atom is -0.310 e. The van der Waals surface area contributed by atoms with Crippen LogP contribution in [0.15, 0.2) is 9.98 Å². The fraction of sp³-hybridized carbons (Fsp3) is 0.882. The Bertz CT molecular complexity index is 394. The summed E-state index contributed by atoms with van der Waals surface area (Å²) in [6.07, 6.45) is 1.95. The fourth-order valence-corrected chi connectivity index (χ4v) is 2.99. The lowest BCUT2D eigenvalue weighted by atomic mass is 9.96. The van der Waals surface area contributed by atoms with Crippen molar-refractivity contribution in [3.05, 3.63) is 0 Å². The molecular weight excluding hydrogens is 260 g/mol. The molecule has 0 spiro atoms. The molecule has 4 nitrogen and oxygen atoms in total. The molecule has 21 heavy (non-hydrogen) atoms. The maximum atomic E-state index is 4.83. The van der Waals surface area contributed by atoms with Crippen molar-refractivity contribution < 1.29 is 0 Å². The predicted octanol–water partition coefficient (Wildman–Crippen LogP) is 2.83. The van der Waals surface area contributed by atoms with E-state index in [9.17, 15) is 0 Å². The van der Waals surface area contributed by atoms with Gasteiger partial charge in [0.1, 0.15) is 0 Å². The van der Waals surface area contributed by atoms with Crippen LogP contribution in [-0.2, 0) is 0 Å². The fourth-order valence-electron chi connectivity index (χ4n) is 2.99. The van der Waals surface area contributed by atoms with Crippen LogP contribution in [-0.4, -0.2) is 48.2 Å². The number of hydrogen-bond donors (Lipinski definition) is 2. The molecule has 1 rings (SSSR count). The van der Waals surface area contributed by atoms with Crippen LogP contribution < -0.4 is 10.6 Å². The van der Waals surface area contributed by atoms with E-state index in [2.05, 4.69) is 59.1 Å². The molecule has 0 unspecified atom stereocenters. The van der Waals surface area contributed by atoms with Crippen LogP contribution in [0.5, 0.6) is 0 Å². The molecule has 1 aliphatic heterocycles. The average molecular weight is 294 g/mol. The van der Waals surface area contributed by atoms with Crippen molar-refractivity contribution in [2.75, 3.05) is 19.6 Å². The van der Waals surface area contributed by atoms with Crippen LogP contribution in [0.3, 0.4) is 0 Å². The van der Waals surface area contributed by atoms with Crippen molar-refractivity contribution in [3.8, 4) is 0 Å². The quantitative estimate of drug-likeness (QED) is 0.722. The van der Waals surface area contributed by atoms with Gasteiger partial charge in [-0.25, -0.2) is 0 Å². The zero-order chi connectivity index (χ0) is 16.1. The van der Waals surface area contributed by atoms with Gasteiger partial charge in [0.15, 0.2) is 0 Å². The van der Waals surface area contributed by atoms with Gasteiger partial charge < -0.3 is 10.6 Å². The van der Waals surface area contributed by atoms with Gasteiger partial charge in [-0.05, 0) is 48.5 Å². The number of nitrogens with one attached hydrogen (secondary N) is 2. The second-order valence-corrected chi connectivity index (χ2v) is 7.76. The standard InChI is InChI=1S/C17H34N4/c1-13-10-17(6,7)20-12-15(3)21-14(2)11-16(4,5)19-9-8-18-13/h15,19-20H,8-12H2,1-7H3/t15-/m1/s1. The SMILES string of the molecule is CC1=NCCNC(C)(C)CC(C)=N[C@H](C)CNC(C)(C)C1. The summed E-state index contributed by atoms with van der Waals surface area (Å²) in [4.78, 5) is 9.52. The van der Waals surface area contributed by atoms with E-state index in [4.69, 9.17) is 9.98 Å². The lowest BCUT2D eigenvalue weighted by Gasteiger charge is -2.29. The van der Waals surface area contributed by atoms with Crippen molar-refractivity contribution >= 4 is 11.4 Å². The van der Waals surface area contributed by atoms with Gasteiger partial charge in [0.2, 0.25) is 0 Å². The maximum absolute atomic E-state index is 4.83. The third-order valence-electron chi connectivity index (χ3n) is 3.81. The van der Waals surface area contributed by atoms with Crippen LogP contribution in [0.1, 0.15) is 61.3 Å². The Labute approximate surface area is 130 Å². The van der Waals surface area contributed by atoms with Crippen molar-refractivity contribution in [2.24, 2.45) is 9.98 Å². The van der Waals surface area contributed by atoms with E-state index in [1.165, 1.54) is 11.4 Å². The third kappa shape index (κ3) is 7.72. The van der Waals surface area contributed by atoms with Crippen molar-refractivity contribution in [1.82, 2.24) is 10.6 Å². The molecule has 0 aromatic rings. The summed E-state index contributed by atoms with van der Waals surface area (Å²) in [5.41, 5.74) is 2.59. The lowest BCUT2D eigenvalue weighted by Crippen LogP contribution is -2.45. The first kappa shape index (κ1) is 18.3. The topological polar surface area (TPSA) is 48.8 Å². The molecule has 0 aromatic heterocycles. The van der Waals surface area contributed by atoms with Crippen LogP contribution >= 0.6 is 0 Å². The summed E-state index contributed by atoms with van der Waals surface area (Å²) in [5.74, 6) is 0. The van der Waals surface area contributed by atoms with Gasteiger partial charge in [0, 0.05) is 48.4 Å². The Balaban J connectivity index is 2.83. The molecular formula is C17H34N4. The normalized spacial score (nSPS) is 28.2. The molecule has 4 heteroatoms. The van der Waals surface area contributed by atoms with E-state index in [-0.39, 0.29) is 11.1 Å². The summed E-state index contributed by atoms with van der Waals surface area (Å²) < 4.78 is 0. The summed E-state index contributed by atoms with van der Waals surface area (Å²) in [6.45, 7) is 18.1. The number of aliphatic imine (C=N–C) groups is 2. The monoisotopic (exact) mass is 294 g/mol. The Morgan fingerprint density at radius 2 is 1.52 bits per heavy atom. The van der Waals surface area contributed by atoms with Gasteiger partial charge in [-0.3, -0.25) is 9.98 Å². The van der Waals surface area contributed by atoms with E-state index in [1.807, 2.05) is 0 Å². The Kier molecular flexibility index (Phi) is 6.54. The van der Waals surface area contributed by atoms with Crippen molar-refractivity contribution in [2.45, 2.75) is 78.4 Å². The second kappa shape index (κ2) is 7.50. The van der Waals surface area contributed by atoms with Crippen LogP contribution in [0.25, 0.3) is 0 Å². The molecule has 0 saturated carbocycles. The molecule has 1 heterocycles. The van der Waals surface area contributed by atoms with Crippen molar-refractivity contribution in [3.63, 3.8) is 0 Å². The highest BCUT2D eigenvalue weighted by Crippen LogP contribution is 2.13. The molecule has 0 amide bonds. The second-order valence-electron chi connectivity index (χ2n) is 7.76. The van der Waals surface area contributed by atoms with Crippen LogP contribution in [0, 0.1) is 0 Å². The largest absolute Gasteiger partial charge is 0.310 e. The molecule has 1 aliphatic rings. The van der Waals surface area contributed by atoms with Gasteiger partial charge in [0.05, 0.1) is 12.6 Å². The lowest BCUT2D eigenvalue weighted by molar-refractivity contribution is 0.385. The Morgan fingerprint density at radius 1 is 0.952 bits per heavy atom. The molecule has 0 aliphatic carbocycles. The average Bonchev–Trinajstić information content (AvgIpc) is 2.30. The molecule has 1 atom stereocenters. The molecule has 0 saturated heterocycles. The Morgan fingerprint density at radius 3 is 2.19 bits per heavy atom. The first-order chi connectivity index (χ1) is 9.60. The molecule has 0 aromatic carbocycles. The van der Waals surface area contributed by atoms with Crippen LogP contribution in [0.2, 0.25) is 0 Å². The smallest absolute Gasteiger partial charge is 0.0595 e. The van der Waals surface area contributed by atoms with E-state index in [0.717, 1.165) is 32.5 Å². The number of nitrogens with zero attached hydrogens (tertiary/aromatic N) is 2. The highest BCUT2D eigenvalue weighted by atomic mass is 15.0. The van der Waals surface area contributed by atoms with Crippen LogP contribution in [0.4, 0.5) is 0 Å². The van der Waals surface area contributed by atoms with E-state index >= 15 is 0 Å². The zero-order valence-electron chi connectivity index (χ0n) is 15.0. The third-order valence-corrected chi connectivity index (χ3v) is 3.81. The first-order valence-corrected chi connectivity index (χ1v) is 8.13. The maximum Gasteiger partial charge on any atom is 0.0595 e. The van der Waals surface area contributed by atoms with E-state index < -0.39 is 0 Å². The van der Waals surface area contributed by atoms with E-state index in [0.29, 0.717) is 6.04 Å². The highest BCUT2D eigenvalue weighted by Gasteiger charge is 2.21. The summed E-state index contributed by atoms with van der Waals surface area (Å²) in [6, 6.07) is 0.306. The first-order valence-electron chi connectivity index (χ1n) is 8.13. The van der Waals surface area contributed by atoms with E-state index in [1.54, 1.807) is 0 Å². The Hall–Kier alpha value is -0.740. The zero-order valence-corrected chi connectivity index (χ0v) is 15.0. The van der Waals surface area contributed by atoms with Crippen molar-refractivity contribution in [1.29, 1.82) is 0 Å². The highest BCUT2D eigenvalue weighted by molar-refractivity contribution is 5.83. The van der Waals surface area contributed by atoms with Gasteiger partial charge in [0.25, 0.3) is 0 Å². The summed E-state index contributed by atoms with van der Waals surface area (Å²) >= 11 is 0. The van der Waals surface area contributed by atoms with Gasteiger partial charge >= 0.3 is 0 Å². The molecule has 0 bridgehead atoms. The predicted molar refractivity (Wildman–Crippen MR) is 93.9 cm³/mol. The minimum absolute atomic E-state index is 0.0715. The molecule has 2 N–H and O–H groups in total. The van der Waals surface area contributed by atoms with Gasteiger partial charge in [-0.1, -0.05) is 0 Å². The number of rotatable bonds is 0. The molecule has 0 radical (unpaired) electrons. The summed E-state index contributed by atoms with van der Waals surface area (Å²) in [5, 5.41) is 7.23. The summed E-state index contributed by atoms with van der Waals surface area (Å²) in [7, 11) is 0.